The average molecular weight is 483 g/mol. The molecular formula is C23H20Cl2N6O2. The molecule has 1 atom stereocenters. The Morgan fingerprint density at radius 1 is 1.21 bits per heavy atom. The Morgan fingerprint density at radius 3 is 2.73 bits per heavy atom. The van der Waals surface area contributed by atoms with E-state index in [4.69, 9.17) is 33.7 Å². The fraction of sp³-hybridized carbons (Fsp3) is 0.217. The van der Waals surface area contributed by atoms with E-state index in [0.29, 0.717) is 51.0 Å². The van der Waals surface area contributed by atoms with E-state index in [1.165, 1.54) is 4.68 Å². The summed E-state index contributed by atoms with van der Waals surface area (Å²) in [6, 6.07) is 12.6. The van der Waals surface area contributed by atoms with Gasteiger partial charge in [-0.15, -0.1) is 0 Å². The first-order valence-corrected chi connectivity index (χ1v) is 11.2. The van der Waals surface area contributed by atoms with Crippen molar-refractivity contribution in [1.29, 1.82) is 0 Å². The van der Waals surface area contributed by atoms with Gasteiger partial charge in [-0.1, -0.05) is 41.4 Å². The number of carbonyl (C=O) groups excluding carboxylic acids is 1. The second-order valence-corrected chi connectivity index (χ2v) is 8.53. The van der Waals surface area contributed by atoms with Gasteiger partial charge in [0, 0.05) is 13.2 Å². The molecule has 0 unspecified atom stereocenters. The fourth-order valence-corrected chi connectivity index (χ4v) is 4.11. The van der Waals surface area contributed by atoms with Crippen molar-refractivity contribution >= 4 is 63.3 Å². The van der Waals surface area contributed by atoms with Gasteiger partial charge in [0.25, 0.3) is 5.91 Å². The number of hydrogen-bond acceptors (Lipinski definition) is 6. The number of aromatic nitrogens is 3. The van der Waals surface area contributed by atoms with Crippen LogP contribution in [0.25, 0.3) is 22.2 Å². The number of amides is 1. The maximum atomic E-state index is 13.1. The first kappa shape index (κ1) is 21.6. The normalized spacial score (nSPS) is 16.2. The summed E-state index contributed by atoms with van der Waals surface area (Å²) < 4.78 is 7.02. The smallest absolute Gasteiger partial charge is 0.257 e. The third-order valence-corrected chi connectivity index (χ3v) is 6.22. The molecule has 0 spiro atoms. The second kappa shape index (κ2) is 8.97. The van der Waals surface area contributed by atoms with Gasteiger partial charge in [0.1, 0.15) is 16.9 Å². The minimum absolute atomic E-state index is 0.00288. The van der Waals surface area contributed by atoms with Gasteiger partial charge in [-0.3, -0.25) is 4.79 Å². The van der Waals surface area contributed by atoms with Gasteiger partial charge >= 0.3 is 0 Å². The van der Waals surface area contributed by atoms with Crippen molar-refractivity contribution in [3.63, 3.8) is 0 Å². The molecule has 1 saturated heterocycles. The SMILES string of the molecule is Nc1c(C(=O)NC[C@H]2CCCO2)c2nc3ccccc3nc2n1/N=C\c1ccc(Cl)c(Cl)c1. The number of hydrogen-bond donors (Lipinski definition) is 2. The summed E-state index contributed by atoms with van der Waals surface area (Å²) in [5.41, 5.74) is 9.43. The Balaban J connectivity index is 1.59. The third kappa shape index (κ3) is 4.25. The van der Waals surface area contributed by atoms with Crippen molar-refractivity contribution < 1.29 is 9.53 Å². The predicted octanol–water partition coefficient (Wildman–Crippen LogP) is 4.26. The number of anilines is 1. The summed E-state index contributed by atoms with van der Waals surface area (Å²) in [6.45, 7) is 1.11. The van der Waals surface area contributed by atoms with E-state index in [9.17, 15) is 4.79 Å². The predicted molar refractivity (Wildman–Crippen MR) is 130 cm³/mol. The molecule has 8 nitrogen and oxygen atoms in total. The second-order valence-electron chi connectivity index (χ2n) is 7.72. The monoisotopic (exact) mass is 482 g/mol. The molecule has 0 saturated carbocycles. The number of para-hydroxylation sites is 2. The van der Waals surface area contributed by atoms with Crippen LogP contribution in [0.5, 0.6) is 0 Å². The van der Waals surface area contributed by atoms with Crippen LogP contribution in [0, 0.1) is 0 Å². The molecule has 168 valence electrons. The lowest BCUT2D eigenvalue weighted by atomic mass is 10.2. The van der Waals surface area contributed by atoms with Crippen LogP contribution in [0.4, 0.5) is 5.82 Å². The highest BCUT2D eigenvalue weighted by Gasteiger charge is 2.25. The molecule has 3 heterocycles. The van der Waals surface area contributed by atoms with Gasteiger partial charge < -0.3 is 15.8 Å². The lowest BCUT2D eigenvalue weighted by Crippen LogP contribution is -2.32. The van der Waals surface area contributed by atoms with Crippen LogP contribution in [-0.4, -0.2) is 46.0 Å². The average Bonchev–Trinajstić information content (AvgIpc) is 3.42. The molecule has 10 heteroatoms. The van der Waals surface area contributed by atoms with Crippen molar-refractivity contribution in [2.45, 2.75) is 18.9 Å². The van der Waals surface area contributed by atoms with Crippen LogP contribution >= 0.6 is 23.2 Å². The van der Waals surface area contributed by atoms with Gasteiger partial charge in [0.2, 0.25) is 0 Å². The molecule has 2 aromatic heterocycles. The zero-order chi connectivity index (χ0) is 22.9. The number of nitrogen functional groups attached to an aromatic ring is 1. The van der Waals surface area contributed by atoms with Gasteiger partial charge in [-0.25, -0.2) is 9.97 Å². The molecule has 4 aromatic rings. The number of rotatable bonds is 5. The highest BCUT2D eigenvalue weighted by molar-refractivity contribution is 6.42. The summed E-state index contributed by atoms with van der Waals surface area (Å²) in [5, 5.41) is 8.25. The minimum atomic E-state index is -0.346. The zero-order valence-electron chi connectivity index (χ0n) is 17.5. The Hall–Kier alpha value is -3.20. The standard InChI is InChI=1S/C23H20Cl2N6O2/c24-15-8-7-13(10-16(15)25)11-28-31-21(26)19(23(32)27-12-14-4-3-9-33-14)20-22(31)30-18-6-2-1-5-17(18)29-20/h1-2,5-8,10-11,14H,3-4,9,12,26H2,(H,27,32)/b28-11-/t14-/m1/s1. The number of fused-ring (bicyclic) bond motifs is 2. The van der Waals surface area contributed by atoms with Crippen LogP contribution in [0.3, 0.4) is 0 Å². The number of halogens is 2. The third-order valence-electron chi connectivity index (χ3n) is 5.48. The van der Waals surface area contributed by atoms with Crippen molar-refractivity contribution in [1.82, 2.24) is 20.0 Å². The van der Waals surface area contributed by atoms with Crippen molar-refractivity contribution in [3.05, 3.63) is 63.6 Å². The Labute approximate surface area is 199 Å². The van der Waals surface area contributed by atoms with E-state index in [0.717, 1.165) is 12.8 Å². The Morgan fingerprint density at radius 2 is 2.00 bits per heavy atom. The van der Waals surface area contributed by atoms with E-state index in [1.807, 2.05) is 24.3 Å². The largest absolute Gasteiger partial charge is 0.383 e. The quantitative estimate of drug-likeness (QED) is 0.413. The topological polar surface area (TPSA) is 107 Å². The Bertz CT molecular complexity index is 1390. The van der Waals surface area contributed by atoms with Gasteiger partial charge in [-0.2, -0.15) is 9.78 Å². The highest BCUT2D eigenvalue weighted by Crippen LogP contribution is 2.28. The highest BCUT2D eigenvalue weighted by atomic mass is 35.5. The van der Waals surface area contributed by atoms with Crippen molar-refractivity contribution in [2.24, 2.45) is 5.10 Å². The number of carbonyl (C=O) groups is 1. The van der Waals surface area contributed by atoms with Crippen LogP contribution in [0.15, 0.2) is 47.6 Å². The number of benzene rings is 2. The van der Waals surface area contributed by atoms with E-state index >= 15 is 0 Å². The number of ether oxygens (including phenoxy) is 1. The molecule has 33 heavy (non-hydrogen) atoms. The van der Waals surface area contributed by atoms with Crippen LogP contribution < -0.4 is 11.1 Å². The molecule has 0 radical (unpaired) electrons. The molecule has 1 aliphatic rings. The first-order chi connectivity index (χ1) is 16.0. The summed E-state index contributed by atoms with van der Waals surface area (Å²) in [6.07, 6.45) is 3.48. The molecule has 5 rings (SSSR count). The van der Waals surface area contributed by atoms with E-state index in [1.54, 1.807) is 24.4 Å². The van der Waals surface area contributed by atoms with Crippen molar-refractivity contribution in [2.75, 3.05) is 18.9 Å². The summed E-state index contributed by atoms with van der Waals surface area (Å²) >= 11 is 12.1. The zero-order valence-corrected chi connectivity index (χ0v) is 19.0. The molecule has 1 aliphatic heterocycles. The van der Waals surface area contributed by atoms with E-state index in [2.05, 4.69) is 20.4 Å². The van der Waals surface area contributed by atoms with Crippen LogP contribution in [0.2, 0.25) is 10.0 Å². The Kier molecular flexibility index (Phi) is 5.88. The molecule has 0 aliphatic carbocycles. The van der Waals surface area contributed by atoms with E-state index < -0.39 is 0 Å². The molecule has 1 fully saturated rings. The minimum Gasteiger partial charge on any atom is -0.383 e. The number of nitrogens with two attached hydrogens (primary N) is 1. The number of nitrogens with zero attached hydrogens (tertiary/aromatic N) is 4. The lowest BCUT2D eigenvalue weighted by Gasteiger charge is -2.10. The molecule has 0 bridgehead atoms. The van der Waals surface area contributed by atoms with Gasteiger partial charge in [0.05, 0.1) is 33.4 Å². The molecule has 3 N–H and O–H groups in total. The van der Waals surface area contributed by atoms with Crippen LogP contribution in [-0.2, 0) is 4.74 Å². The first-order valence-electron chi connectivity index (χ1n) is 10.5. The number of nitrogens with one attached hydrogen (secondary N) is 1. The molecular weight excluding hydrogens is 463 g/mol. The van der Waals surface area contributed by atoms with E-state index in [-0.39, 0.29) is 23.4 Å². The summed E-state index contributed by atoms with van der Waals surface area (Å²) in [4.78, 5) is 22.5. The maximum absolute atomic E-state index is 13.1. The fourth-order valence-electron chi connectivity index (χ4n) is 3.81. The summed E-state index contributed by atoms with van der Waals surface area (Å²) in [7, 11) is 0. The summed E-state index contributed by atoms with van der Waals surface area (Å²) in [5.74, 6) is -0.206. The molecule has 1 amide bonds. The lowest BCUT2D eigenvalue weighted by molar-refractivity contribution is 0.0859. The van der Waals surface area contributed by atoms with Crippen molar-refractivity contribution in [3.8, 4) is 0 Å². The maximum Gasteiger partial charge on any atom is 0.257 e. The molecule has 2 aromatic carbocycles. The van der Waals surface area contributed by atoms with Gasteiger partial charge in [-0.05, 0) is 42.7 Å². The van der Waals surface area contributed by atoms with Gasteiger partial charge in [0.15, 0.2) is 5.65 Å². The van der Waals surface area contributed by atoms with Crippen LogP contribution in [0.1, 0.15) is 28.8 Å².